The molecule has 2 bridgehead atoms. The zero-order valence-electron chi connectivity index (χ0n) is 15.0. The van der Waals surface area contributed by atoms with Crippen LogP contribution in [-0.2, 0) is 11.8 Å². The number of carbonyl (C=O) groups excluding carboxylic acids is 1. The first-order chi connectivity index (χ1) is 11.4. The van der Waals surface area contributed by atoms with Crippen LogP contribution in [0.4, 0.5) is 4.79 Å². The minimum absolute atomic E-state index is 0.00816. The van der Waals surface area contributed by atoms with Crippen molar-refractivity contribution in [1.29, 1.82) is 0 Å². The Morgan fingerprint density at radius 1 is 1.17 bits per heavy atom. The van der Waals surface area contributed by atoms with Gasteiger partial charge in [-0.3, -0.25) is 0 Å². The van der Waals surface area contributed by atoms with E-state index in [0.29, 0.717) is 5.75 Å². The second-order valence-electron chi connectivity index (χ2n) is 8.50. The van der Waals surface area contributed by atoms with Crippen molar-refractivity contribution in [3.63, 3.8) is 0 Å². The number of hydrogen-bond donors (Lipinski definition) is 1. The van der Waals surface area contributed by atoms with Crippen molar-refractivity contribution in [2.45, 2.75) is 57.9 Å². The predicted molar refractivity (Wildman–Crippen MR) is 94.3 cm³/mol. The maximum Gasteiger partial charge on any atom is 0.320 e. The van der Waals surface area contributed by atoms with Gasteiger partial charge in [0.1, 0.15) is 5.75 Å². The number of benzene rings is 1. The van der Waals surface area contributed by atoms with Crippen LogP contribution in [0, 0.1) is 5.41 Å². The van der Waals surface area contributed by atoms with Gasteiger partial charge in [0.15, 0.2) is 0 Å². The molecule has 0 aromatic heterocycles. The van der Waals surface area contributed by atoms with Crippen molar-refractivity contribution in [2.24, 2.45) is 5.41 Å². The second-order valence-corrected chi connectivity index (χ2v) is 8.50. The van der Waals surface area contributed by atoms with Crippen LogP contribution in [0.5, 0.6) is 5.75 Å². The molecule has 0 spiro atoms. The summed E-state index contributed by atoms with van der Waals surface area (Å²) in [5.74, 6) is 0.384. The molecule has 2 heterocycles. The van der Waals surface area contributed by atoms with Crippen LogP contribution in [0.1, 0.15) is 51.2 Å². The standard InChI is InChI=1S/C20H28N2O2/c1-19(2)17-13-14-15(7-6-8-16(14)23)20(19,3)9-12-22(17)18(24)21-10-4-5-11-21/h6-8,17,23H,4-5,9-13H2,1-3H3/t17-,20+/m1/s1. The molecule has 0 saturated carbocycles. The molecule has 2 fully saturated rings. The largest absolute Gasteiger partial charge is 0.508 e. The molecule has 130 valence electrons. The highest BCUT2D eigenvalue weighted by molar-refractivity contribution is 5.76. The lowest BCUT2D eigenvalue weighted by Gasteiger charge is -2.61. The average molecular weight is 328 g/mol. The molecular formula is C20H28N2O2. The molecule has 4 rings (SSSR count). The van der Waals surface area contributed by atoms with Gasteiger partial charge in [-0.2, -0.15) is 0 Å². The zero-order valence-corrected chi connectivity index (χ0v) is 15.0. The summed E-state index contributed by atoms with van der Waals surface area (Å²) >= 11 is 0. The number of rotatable bonds is 0. The number of carbonyl (C=O) groups is 1. The number of likely N-dealkylation sites (tertiary alicyclic amines) is 2. The first kappa shape index (κ1) is 15.8. The molecule has 2 aliphatic heterocycles. The van der Waals surface area contributed by atoms with Crippen LogP contribution in [0.3, 0.4) is 0 Å². The Morgan fingerprint density at radius 2 is 1.88 bits per heavy atom. The number of nitrogens with zero attached hydrogens (tertiary/aromatic N) is 2. The van der Waals surface area contributed by atoms with Gasteiger partial charge in [-0.1, -0.05) is 32.9 Å². The van der Waals surface area contributed by atoms with Crippen molar-refractivity contribution in [1.82, 2.24) is 9.80 Å². The van der Waals surface area contributed by atoms with Crippen LogP contribution >= 0.6 is 0 Å². The number of phenols is 1. The second kappa shape index (κ2) is 5.14. The van der Waals surface area contributed by atoms with E-state index in [9.17, 15) is 9.90 Å². The molecular weight excluding hydrogens is 300 g/mol. The lowest BCUT2D eigenvalue weighted by atomic mass is 9.51. The van der Waals surface area contributed by atoms with Gasteiger partial charge in [0.2, 0.25) is 0 Å². The zero-order chi connectivity index (χ0) is 17.1. The third kappa shape index (κ3) is 1.95. The van der Waals surface area contributed by atoms with E-state index in [1.807, 2.05) is 11.0 Å². The van der Waals surface area contributed by atoms with E-state index >= 15 is 0 Å². The Hall–Kier alpha value is -1.71. The van der Waals surface area contributed by atoms with Crippen molar-refractivity contribution in [3.8, 4) is 5.75 Å². The lowest BCUT2D eigenvalue weighted by molar-refractivity contribution is -0.0226. The topological polar surface area (TPSA) is 43.8 Å². The van der Waals surface area contributed by atoms with Crippen molar-refractivity contribution < 1.29 is 9.90 Å². The maximum absolute atomic E-state index is 13.1. The highest BCUT2D eigenvalue weighted by Gasteiger charge is 2.57. The number of urea groups is 1. The summed E-state index contributed by atoms with van der Waals surface area (Å²) in [5.41, 5.74) is 2.30. The summed E-state index contributed by atoms with van der Waals surface area (Å²) in [6.07, 6.45) is 3.95. The third-order valence-corrected chi connectivity index (χ3v) is 7.25. The summed E-state index contributed by atoms with van der Waals surface area (Å²) in [6, 6.07) is 6.25. The number of amides is 2. The fourth-order valence-corrected chi connectivity index (χ4v) is 5.24. The summed E-state index contributed by atoms with van der Waals surface area (Å²) in [5, 5.41) is 10.4. The fraction of sp³-hybridized carbons (Fsp3) is 0.650. The average Bonchev–Trinajstić information content (AvgIpc) is 3.05. The molecule has 1 aliphatic carbocycles. The first-order valence-electron chi connectivity index (χ1n) is 9.23. The fourth-order valence-electron chi connectivity index (χ4n) is 5.24. The number of piperidine rings is 1. The molecule has 24 heavy (non-hydrogen) atoms. The van der Waals surface area contributed by atoms with E-state index in [0.717, 1.165) is 50.9 Å². The molecule has 2 saturated heterocycles. The van der Waals surface area contributed by atoms with Gasteiger partial charge in [0.25, 0.3) is 0 Å². The van der Waals surface area contributed by atoms with Crippen molar-refractivity contribution >= 4 is 6.03 Å². The van der Waals surface area contributed by atoms with E-state index < -0.39 is 0 Å². The summed E-state index contributed by atoms with van der Waals surface area (Å²) < 4.78 is 0. The van der Waals surface area contributed by atoms with Crippen LogP contribution in [0.25, 0.3) is 0 Å². The van der Waals surface area contributed by atoms with E-state index in [1.165, 1.54) is 5.56 Å². The van der Waals surface area contributed by atoms with Crippen molar-refractivity contribution in [3.05, 3.63) is 29.3 Å². The number of fused-ring (bicyclic) bond motifs is 4. The summed E-state index contributed by atoms with van der Waals surface area (Å²) in [7, 11) is 0. The molecule has 1 aromatic rings. The lowest BCUT2D eigenvalue weighted by Crippen LogP contribution is -2.66. The highest BCUT2D eigenvalue weighted by atomic mass is 16.3. The van der Waals surface area contributed by atoms with E-state index in [1.54, 1.807) is 6.07 Å². The molecule has 3 aliphatic rings. The minimum Gasteiger partial charge on any atom is -0.508 e. The Kier molecular flexibility index (Phi) is 3.38. The van der Waals surface area contributed by atoms with Crippen LogP contribution in [-0.4, -0.2) is 46.6 Å². The van der Waals surface area contributed by atoms with Crippen molar-refractivity contribution in [2.75, 3.05) is 19.6 Å². The molecule has 4 heteroatoms. The maximum atomic E-state index is 13.1. The van der Waals surface area contributed by atoms with Gasteiger partial charge >= 0.3 is 6.03 Å². The summed E-state index contributed by atoms with van der Waals surface area (Å²) in [6.45, 7) is 9.51. The monoisotopic (exact) mass is 328 g/mol. The SMILES string of the molecule is CC1(C)[C@H]2Cc3c(O)cccc3[C@]1(C)CCN2C(=O)N1CCCC1. The molecule has 1 N–H and O–H groups in total. The van der Waals surface area contributed by atoms with E-state index in [2.05, 4.69) is 31.7 Å². The molecule has 0 unspecified atom stereocenters. The molecule has 0 radical (unpaired) electrons. The van der Waals surface area contributed by atoms with Gasteiger partial charge in [0.05, 0.1) is 0 Å². The first-order valence-corrected chi connectivity index (χ1v) is 9.23. The van der Waals surface area contributed by atoms with E-state index in [4.69, 9.17) is 0 Å². The van der Waals surface area contributed by atoms with Gasteiger partial charge in [-0.15, -0.1) is 0 Å². The quantitative estimate of drug-likeness (QED) is 0.792. The van der Waals surface area contributed by atoms with Gasteiger partial charge in [0, 0.05) is 31.1 Å². The predicted octanol–water partition coefficient (Wildman–Crippen LogP) is 3.52. The Balaban J connectivity index is 1.76. The minimum atomic E-state index is -0.0125. The van der Waals surface area contributed by atoms with Crippen LogP contribution in [0.2, 0.25) is 0 Å². The Labute approximate surface area is 144 Å². The molecule has 1 aromatic carbocycles. The molecule has 2 atom stereocenters. The third-order valence-electron chi connectivity index (χ3n) is 7.25. The Bertz CT molecular complexity index is 678. The molecule has 4 nitrogen and oxygen atoms in total. The number of hydrogen-bond acceptors (Lipinski definition) is 2. The Morgan fingerprint density at radius 3 is 2.58 bits per heavy atom. The number of phenolic OH excluding ortho intramolecular Hbond substituents is 1. The van der Waals surface area contributed by atoms with Gasteiger partial charge in [-0.05, 0) is 48.3 Å². The van der Waals surface area contributed by atoms with E-state index in [-0.39, 0.29) is 22.9 Å². The molecule has 2 amide bonds. The highest BCUT2D eigenvalue weighted by Crippen LogP contribution is 2.57. The normalized spacial score (nSPS) is 31.0. The smallest absolute Gasteiger partial charge is 0.320 e. The summed E-state index contributed by atoms with van der Waals surface area (Å²) in [4.78, 5) is 17.2. The van der Waals surface area contributed by atoms with Crippen LogP contribution in [0.15, 0.2) is 18.2 Å². The van der Waals surface area contributed by atoms with Gasteiger partial charge in [-0.25, -0.2) is 4.79 Å². The van der Waals surface area contributed by atoms with Crippen LogP contribution < -0.4 is 0 Å². The van der Waals surface area contributed by atoms with Gasteiger partial charge < -0.3 is 14.9 Å². The number of aromatic hydroxyl groups is 1.